The van der Waals surface area contributed by atoms with Crippen molar-refractivity contribution in [2.45, 2.75) is 30.3 Å². The van der Waals surface area contributed by atoms with Crippen molar-refractivity contribution in [3.8, 4) is 0 Å². The van der Waals surface area contributed by atoms with E-state index in [-0.39, 0.29) is 29.3 Å². The predicted octanol–water partition coefficient (Wildman–Crippen LogP) is 4.77. The van der Waals surface area contributed by atoms with Crippen LogP contribution in [-0.2, 0) is 14.8 Å². The van der Waals surface area contributed by atoms with E-state index in [2.05, 4.69) is 9.88 Å². The average molecular weight is 588 g/mol. The summed E-state index contributed by atoms with van der Waals surface area (Å²) in [7, 11) is 1.85. The van der Waals surface area contributed by atoms with Gasteiger partial charge in [-0.2, -0.15) is 4.31 Å². The van der Waals surface area contributed by atoms with Crippen molar-refractivity contribution in [2.24, 2.45) is 0 Å². The molecule has 1 saturated heterocycles. The summed E-state index contributed by atoms with van der Waals surface area (Å²) < 4.78 is 33.9. The molecule has 202 valence electrons. The number of aromatic nitrogens is 1. The first-order valence-corrected chi connectivity index (χ1v) is 14.5. The van der Waals surface area contributed by atoms with Crippen molar-refractivity contribution in [2.75, 3.05) is 52.3 Å². The molecule has 0 spiro atoms. The summed E-state index contributed by atoms with van der Waals surface area (Å²) in [5, 5.41) is 1.20. The number of thiazole rings is 1. The zero-order valence-corrected chi connectivity index (χ0v) is 24.3. The number of rotatable bonds is 10. The Bertz CT molecular complexity index is 1310. The van der Waals surface area contributed by atoms with E-state index >= 15 is 0 Å². The SMILES string of the molecule is CN(C)CCCN(C(=O)c1ccc(S(=O)(=O)N(C)CC2CCCO2)cc1)c1nc2ccc(Cl)cc2s1.Cl. The number of sulfonamides is 1. The Balaban J connectivity index is 0.00000380. The molecule has 2 aromatic carbocycles. The maximum absolute atomic E-state index is 13.6. The zero-order valence-electron chi connectivity index (χ0n) is 21.1. The maximum Gasteiger partial charge on any atom is 0.260 e. The maximum atomic E-state index is 13.6. The van der Waals surface area contributed by atoms with E-state index in [4.69, 9.17) is 16.3 Å². The number of benzene rings is 2. The second-order valence-electron chi connectivity index (χ2n) is 9.17. The van der Waals surface area contributed by atoms with Crippen LogP contribution in [0, 0.1) is 0 Å². The molecule has 3 aromatic rings. The van der Waals surface area contributed by atoms with E-state index in [9.17, 15) is 13.2 Å². The highest BCUT2D eigenvalue weighted by Gasteiger charge is 2.27. The van der Waals surface area contributed by atoms with Crippen LogP contribution in [-0.4, -0.2) is 82.0 Å². The van der Waals surface area contributed by atoms with Gasteiger partial charge in [0.05, 0.1) is 21.2 Å². The van der Waals surface area contributed by atoms with Gasteiger partial charge in [-0.1, -0.05) is 22.9 Å². The van der Waals surface area contributed by atoms with Gasteiger partial charge in [-0.15, -0.1) is 12.4 Å². The van der Waals surface area contributed by atoms with Gasteiger partial charge in [-0.3, -0.25) is 9.69 Å². The standard InChI is InChI=1S/C25H31ClN4O4S2.ClH/c1-28(2)13-5-14-30(25-27-22-12-9-19(26)16-23(22)35-25)24(31)18-7-10-21(11-8-18)36(32,33)29(3)17-20-6-4-15-34-20;/h7-12,16,20H,4-6,13-15,17H2,1-3H3;1H. The number of ether oxygens (including phenoxy) is 1. The van der Waals surface area contributed by atoms with Gasteiger partial charge in [0.2, 0.25) is 10.0 Å². The molecule has 0 bridgehead atoms. The molecule has 1 aliphatic rings. The number of likely N-dealkylation sites (N-methyl/N-ethyl adjacent to an activating group) is 1. The minimum Gasteiger partial charge on any atom is -0.377 e. The Labute approximate surface area is 233 Å². The number of halogens is 2. The monoisotopic (exact) mass is 586 g/mol. The molecule has 1 fully saturated rings. The number of anilines is 1. The number of carbonyl (C=O) groups excluding carboxylic acids is 1. The summed E-state index contributed by atoms with van der Waals surface area (Å²) in [6, 6.07) is 11.6. The molecule has 1 atom stereocenters. The lowest BCUT2D eigenvalue weighted by Crippen LogP contribution is -2.34. The number of hydrogen-bond acceptors (Lipinski definition) is 7. The first kappa shape index (κ1) is 29.8. The molecule has 1 aromatic heterocycles. The third-order valence-corrected chi connectivity index (χ3v) is 9.21. The molecule has 4 rings (SSSR count). The topological polar surface area (TPSA) is 83.1 Å². The van der Waals surface area contributed by atoms with Crippen LogP contribution in [0.25, 0.3) is 10.2 Å². The summed E-state index contributed by atoms with van der Waals surface area (Å²) in [6.07, 6.45) is 2.48. The number of hydrogen-bond donors (Lipinski definition) is 0. The molecule has 1 aliphatic heterocycles. The van der Waals surface area contributed by atoms with Gasteiger partial charge in [0.1, 0.15) is 0 Å². The quantitative estimate of drug-likeness (QED) is 0.340. The first-order chi connectivity index (χ1) is 17.1. The van der Waals surface area contributed by atoms with Crippen LogP contribution in [0.2, 0.25) is 5.02 Å². The lowest BCUT2D eigenvalue weighted by molar-refractivity contribution is 0.0978. The van der Waals surface area contributed by atoms with Gasteiger partial charge in [0.15, 0.2) is 5.13 Å². The molecule has 0 N–H and O–H groups in total. The van der Waals surface area contributed by atoms with E-state index in [0.29, 0.717) is 35.4 Å². The fourth-order valence-corrected chi connectivity index (χ4v) is 6.58. The molecule has 37 heavy (non-hydrogen) atoms. The fraction of sp³-hybridized carbons (Fsp3) is 0.440. The number of amides is 1. The van der Waals surface area contributed by atoms with Crippen molar-refractivity contribution in [1.82, 2.24) is 14.2 Å². The van der Waals surface area contributed by atoms with Crippen molar-refractivity contribution in [3.63, 3.8) is 0 Å². The van der Waals surface area contributed by atoms with Crippen molar-refractivity contribution in [1.29, 1.82) is 0 Å². The lowest BCUT2D eigenvalue weighted by Gasteiger charge is -2.22. The summed E-state index contributed by atoms with van der Waals surface area (Å²) in [5.41, 5.74) is 1.18. The normalized spacial score (nSPS) is 15.9. The highest BCUT2D eigenvalue weighted by molar-refractivity contribution is 7.89. The highest BCUT2D eigenvalue weighted by Crippen LogP contribution is 2.32. The van der Waals surface area contributed by atoms with E-state index in [1.165, 1.54) is 27.8 Å². The van der Waals surface area contributed by atoms with Gasteiger partial charge >= 0.3 is 0 Å². The third kappa shape index (κ3) is 7.20. The van der Waals surface area contributed by atoms with Crippen LogP contribution in [0.15, 0.2) is 47.4 Å². The van der Waals surface area contributed by atoms with E-state index < -0.39 is 10.0 Å². The molecule has 2 heterocycles. The van der Waals surface area contributed by atoms with Crippen LogP contribution in [0.1, 0.15) is 29.6 Å². The number of carbonyl (C=O) groups is 1. The molecule has 0 radical (unpaired) electrons. The molecule has 0 saturated carbocycles. The number of fused-ring (bicyclic) bond motifs is 1. The highest BCUT2D eigenvalue weighted by atomic mass is 35.5. The van der Waals surface area contributed by atoms with Crippen LogP contribution >= 0.6 is 35.3 Å². The minimum atomic E-state index is -3.69. The summed E-state index contributed by atoms with van der Waals surface area (Å²) in [4.78, 5) is 22.1. The average Bonchev–Trinajstić information content (AvgIpc) is 3.50. The summed E-state index contributed by atoms with van der Waals surface area (Å²) >= 11 is 7.55. The van der Waals surface area contributed by atoms with Gasteiger partial charge in [-0.05, 0) is 82.4 Å². The van der Waals surface area contributed by atoms with E-state index in [1.807, 2.05) is 26.2 Å². The van der Waals surface area contributed by atoms with Gasteiger partial charge in [0, 0.05) is 37.3 Å². The molecule has 0 aliphatic carbocycles. The molecule has 1 amide bonds. The van der Waals surface area contributed by atoms with Crippen molar-refractivity contribution < 1.29 is 17.9 Å². The molecular formula is C25H32Cl2N4O4S2. The Kier molecular flexibility index (Phi) is 10.3. The molecule has 12 heteroatoms. The molecule has 1 unspecified atom stereocenters. The smallest absolute Gasteiger partial charge is 0.260 e. The Hall–Kier alpha value is -1.79. The molecule has 8 nitrogen and oxygen atoms in total. The largest absolute Gasteiger partial charge is 0.377 e. The minimum absolute atomic E-state index is 0. The second kappa shape index (κ2) is 12.8. The number of nitrogens with zero attached hydrogens (tertiary/aromatic N) is 4. The van der Waals surface area contributed by atoms with Gasteiger partial charge in [0.25, 0.3) is 5.91 Å². The second-order valence-corrected chi connectivity index (χ2v) is 12.7. The van der Waals surface area contributed by atoms with Crippen LogP contribution < -0.4 is 4.90 Å². The van der Waals surface area contributed by atoms with Crippen LogP contribution in [0.4, 0.5) is 5.13 Å². The fourth-order valence-electron chi connectivity index (χ4n) is 4.11. The summed E-state index contributed by atoms with van der Waals surface area (Å²) in [6.45, 7) is 2.27. The summed E-state index contributed by atoms with van der Waals surface area (Å²) in [5.74, 6) is -0.226. The first-order valence-electron chi connectivity index (χ1n) is 11.9. The van der Waals surface area contributed by atoms with Gasteiger partial charge in [-0.25, -0.2) is 13.4 Å². The van der Waals surface area contributed by atoms with E-state index in [0.717, 1.165) is 36.0 Å². The van der Waals surface area contributed by atoms with Crippen molar-refractivity contribution >= 4 is 66.6 Å². The van der Waals surface area contributed by atoms with Crippen LogP contribution in [0.3, 0.4) is 0 Å². The third-order valence-electron chi connectivity index (χ3n) is 6.10. The van der Waals surface area contributed by atoms with Crippen molar-refractivity contribution in [3.05, 3.63) is 53.1 Å². The molecular weight excluding hydrogens is 555 g/mol. The van der Waals surface area contributed by atoms with Crippen LogP contribution in [0.5, 0.6) is 0 Å². The lowest BCUT2D eigenvalue weighted by atomic mass is 10.2. The Morgan fingerprint density at radius 1 is 1.14 bits per heavy atom. The predicted molar refractivity (Wildman–Crippen MR) is 152 cm³/mol. The van der Waals surface area contributed by atoms with E-state index in [1.54, 1.807) is 30.1 Å². The Morgan fingerprint density at radius 3 is 2.51 bits per heavy atom. The van der Waals surface area contributed by atoms with Gasteiger partial charge < -0.3 is 9.64 Å². The zero-order chi connectivity index (χ0) is 25.9. The Morgan fingerprint density at radius 2 is 1.86 bits per heavy atom.